The van der Waals surface area contributed by atoms with Crippen LogP contribution in [0.3, 0.4) is 0 Å². The van der Waals surface area contributed by atoms with Crippen LogP contribution in [-0.4, -0.2) is 63.2 Å². The van der Waals surface area contributed by atoms with Gasteiger partial charge in [0.2, 0.25) is 5.91 Å². The van der Waals surface area contributed by atoms with Crippen molar-refractivity contribution in [2.45, 2.75) is 25.7 Å². The Morgan fingerprint density at radius 1 is 1.04 bits per heavy atom. The summed E-state index contributed by atoms with van der Waals surface area (Å²) in [5.74, 6) is 0.965. The number of rotatable bonds is 10. The van der Waals surface area contributed by atoms with Gasteiger partial charge in [-0.1, -0.05) is 18.2 Å². The molecule has 1 aliphatic carbocycles. The van der Waals surface area contributed by atoms with Crippen molar-refractivity contribution in [1.82, 2.24) is 15.5 Å². The first-order valence-electron chi connectivity index (χ1n) is 9.81. The van der Waals surface area contributed by atoms with Gasteiger partial charge >= 0.3 is 0 Å². The number of piperazine rings is 1. The number of carbonyl (C=O) groups excluding carboxylic acids is 1. The van der Waals surface area contributed by atoms with Crippen LogP contribution in [0.2, 0.25) is 0 Å². The maximum absolute atomic E-state index is 11.7. The highest BCUT2D eigenvalue weighted by atomic mass is 16.1. The summed E-state index contributed by atoms with van der Waals surface area (Å²) in [4.78, 5) is 16.7. The molecule has 0 aromatic heterocycles. The summed E-state index contributed by atoms with van der Waals surface area (Å²) in [5.41, 5.74) is 1.33. The monoisotopic (exact) mass is 344 g/mol. The second-order valence-electron chi connectivity index (χ2n) is 7.30. The van der Waals surface area contributed by atoms with E-state index in [1.165, 1.54) is 18.5 Å². The van der Waals surface area contributed by atoms with E-state index in [9.17, 15) is 4.79 Å². The van der Waals surface area contributed by atoms with Crippen molar-refractivity contribution < 1.29 is 4.79 Å². The molecule has 138 valence electrons. The lowest BCUT2D eigenvalue weighted by Gasteiger charge is -2.36. The first-order valence-corrected chi connectivity index (χ1v) is 9.81. The minimum Gasteiger partial charge on any atom is -0.369 e. The Balaban J connectivity index is 1.19. The highest BCUT2D eigenvalue weighted by molar-refractivity contribution is 5.77. The van der Waals surface area contributed by atoms with Gasteiger partial charge in [-0.3, -0.25) is 9.69 Å². The second-order valence-corrected chi connectivity index (χ2v) is 7.30. The van der Waals surface area contributed by atoms with Crippen molar-refractivity contribution in [2.24, 2.45) is 5.92 Å². The fourth-order valence-electron chi connectivity index (χ4n) is 3.33. The van der Waals surface area contributed by atoms with E-state index in [0.717, 1.165) is 64.6 Å². The zero-order valence-electron chi connectivity index (χ0n) is 15.3. The third kappa shape index (κ3) is 6.67. The number of carbonyl (C=O) groups is 1. The average Bonchev–Trinajstić information content (AvgIpc) is 3.47. The van der Waals surface area contributed by atoms with Crippen LogP contribution < -0.4 is 15.5 Å². The maximum Gasteiger partial charge on any atom is 0.233 e. The quantitative estimate of drug-likeness (QED) is 0.635. The summed E-state index contributed by atoms with van der Waals surface area (Å²) in [6.45, 7) is 7.88. The summed E-state index contributed by atoms with van der Waals surface area (Å²) >= 11 is 0. The van der Waals surface area contributed by atoms with Crippen LogP contribution in [0.25, 0.3) is 0 Å². The smallest absolute Gasteiger partial charge is 0.233 e. The van der Waals surface area contributed by atoms with Crippen LogP contribution in [-0.2, 0) is 4.79 Å². The van der Waals surface area contributed by atoms with Crippen LogP contribution in [0.4, 0.5) is 5.69 Å². The lowest BCUT2D eigenvalue weighted by molar-refractivity contribution is -0.120. The van der Waals surface area contributed by atoms with Crippen LogP contribution >= 0.6 is 0 Å². The molecule has 5 nitrogen and oxygen atoms in total. The molecule has 1 aliphatic heterocycles. The molecule has 1 amide bonds. The standard InChI is InChI=1S/C20H32N4O/c25-20(17-21-16-18-8-9-18)22-10-4-5-11-23-12-14-24(15-13-23)19-6-2-1-3-7-19/h1-3,6-7,18,21H,4-5,8-17H2,(H,22,25). The van der Waals surface area contributed by atoms with Gasteiger partial charge in [-0.2, -0.15) is 0 Å². The molecule has 0 spiro atoms. The molecular formula is C20H32N4O. The Morgan fingerprint density at radius 3 is 2.52 bits per heavy atom. The third-order valence-corrected chi connectivity index (χ3v) is 5.13. The van der Waals surface area contributed by atoms with Gasteiger partial charge in [-0.25, -0.2) is 0 Å². The van der Waals surface area contributed by atoms with Crippen molar-refractivity contribution in [3.63, 3.8) is 0 Å². The molecule has 1 saturated carbocycles. The van der Waals surface area contributed by atoms with Gasteiger partial charge < -0.3 is 15.5 Å². The molecule has 1 aromatic rings. The molecular weight excluding hydrogens is 312 g/mol. The van der Waals surface area contributed by atoms with Crippen LogP contribution in [0.5, 0.6) is 0 Å². The van der Waals surface area contributed by atoms with E-state index in [4.69, 9.17) is 0 Å². The number of hydrogen-bond donors (Lipinski definition) is 2. The molecule has 3 rings (SSSR count). The van der Waals surface area contributed by atoms with Gasteiger partial charge in [0.1, 0.15) is 0 Å². The largest absolute Gasteiger partial charge is 0.369 e. The SMILES string of the molecule is O=C(CNCC1CC1)NCCCCN1CCN(c2ccccc2)CC1. The molecule has 2 aliphatic rings. The highest BCUT2D eigenvalue weighted by Crippen LogP contribution is 2.27. The van der Waals surface area contributed by atoms with E-state index in [2.05, 4.69) is 50.8 Å². The zero-order valence-corrected chi connectivity index (χ0v) is 15.3. The van der Waals surface area contributed by atoms with E-state index in [0.29, 0.717) is 6.54 Å². The molecule has 2 fully saturated rings. The number of benzene rings is 1. The Labute approximate surface area is 151 Å². The van der Waals surface area contributed by atoms with Gasteiger partial charge in [-0.05, 0) is 56.8 Å². The Bertz CT molecular complexity index is 510. The number of hydrogen-bond acceptors (Lipinski definition) is 4. The van der Waals surface area contributed by atoms with Crippen molar-refractivity contribution in [1.29, 1.82) is 0 Å². The van der Waals surface area contributed by atoms with E-state index in [1.54, 1.807) is 0 Å². The number of amides is 1. The van der Waals surface area contributed by atoms with Gasteiger partial charge in [0, 0.05) is 38.4 Å². The first-order chi connectivity index (χ1) is 12.3. The molecule has 0 atom stereocenters. The Hall–Kier alpha value is -1.59. The Kier molecular flexibility index (Phi) is 7.12. The number of anilines is 1. The molecule has 5 heteroatoms. The molecule has 0 unspecified atom stereocenters. The molecule has 25 heavy (non-hydrogen) atoms. The molecule has 0 radical (unpaired) electrons. The van der Waals surface area contributed by atoms with E-state index in [-0.39, 0.29) is 5.91 Å². The van der Waals surface area contributed by atoms with Crippen LogP contribution in [0.1, 0.15) is 25.7 Å². The zero-order chi connectivity index (χ0) is 17.3. The summed E-state index contributed by atoms with van der Waals surface area (Å²) < 4.78 is 0. The van der Waals surface area contributed by atoms with Gasteiger partial charge in [0.15, 0.2) is 0 Å². The minimum absolute atomic E-state index is 0.136. The predicted octanol–water partition coefficient (Wildman–Crippen LogP) is 1.70. The number of unbranched alkanes of at least 4 members (excludes halogenated alkanes) is 1. The van der Waals surface area contributed by atoms with Crippen LogP contribution in [0.15, 0.2) is 30.3 Å². The maximum atomic E-state index is 11.7. The summed E-state index contributed by atoms with van der Waals surface area (Å²) in [6.07, 6.45) is 4.87. The van der Waals surface area contributed by atoms with Gasteiger partial charge in [-0.15, -0.1) is 0 Å². The average molecular weight is 345 g/mol. The van der Waals surface area contributed by atoms with E-state index < -0.39 is 0 Å². The Morgan fingerprint density at radius 2 is 1.80 bits per heavy atom. The molecule has 1 aromatic carbocycles. The lowest BCUT2D eigenvalue weighted by atomic mass is 10.2. The summed E-state index contributed by atoms with van der Waals surface area (Å²) in [5, 5.41) is 6.25. The third-order valence-electron chi connectivity index (χ3n) is 5.13. The molecule has 0 bridgehead atoms. The van der Waals surface area contributed by atoms with Gasteiger partial charge in [0.05, 0.1) is 6.54 Å². The minimum atomic E-state index is 0.136. The van der Waals surface area contributed by atoms with Crippen molar-refractivity contribution in [3.05, 3.63) is 30.3 Å². The molecule has 1 heterocycles. The van der Waals surface area contributed by atoms with Crippen molar-refractivity contribution in [2.75, 3.05) is 57.3 Å². The van der Waals surface area contributed by atoms with Crippen molar-refractivity contribution >= 4 is 11.6 Å². The highest BCUT2D eigenvalue weighted by Gasteiger charge is 2.20. The fraction of sp³-hybridized carbons (Fsp3) is 0.650. The summed E-state index contributed by atoms with van der Waals surface area (Å²) in [6, 6.07) is 10.7. The first kappa shape index (κ1) is 18.2. The second kappa shape index (κ2) is 9.78. The topological polar surface area (TPSA) is 47.6 Å². The predicted molar refractivity (Wildman–Crippen MR) is 103 cm³/mol. The van der Waals surface area contributed by atoms with E-state index in [1.807, 2.05) is 0 Å². The normalized spacial score (nSPS) is 18.3. The number of nitrogens with zero attached hydrogens (tertiary/aromatic N) is 2. The lowest BCUT2D eigenvalue weighted by Crippen LogP contribution is -2.46. The number of nitrogens with one attached hydrogen (secondary N) is 2. The fourth-order valence-corrected chi connectivity index (χ4v) is 3.33. The van der Waals surface area contributed by atoms with Gasteiger partial charge in [0.25, 0.3) is 0 Å². The molecule has 2 N–H and O–H groups in total. The summed E-state index contributed by atoms with van der Waals surface area (Å²) in [7, 11) is 0. The van der Waals surface area contributed by atoms with Crippen molar-refractivity contribution in [3.8, 4) is 0 Å². The number of para-hydroxylation sites is 1. The van der Waals surface area contributed by atoms with Crippen LogP contribution in [0, 0.1) is 5.92 Å². The molecule has 1 saturated heterocycles. The van der Waals surface area contributed by atoms with E-state index >= 15 is 0 Å².